The molecule has 0 saturated heterocycles. The van der Waals surface area contributed by atoms with Gasteiger partial charge < -0.3 is 0 Å². The highest BCUT2D eigenvalue weighted by Crippen LogP contribution is 2.31. The van der Waals surface area contributed by atoms with Crippen LogP contribution < -0.4 is 0 Å². The number of benzene rings is 2. The van der Waals surface area contributed by atoms with Gasteiger partial charge in [0.1, 0.15) is 0 Å². The molecular weight excluding hydrogens is 348 g/mol. The fourth-order valence-electron chi connectivity index (χ4n) is 2.68. The zero-order chi connectivity index (χ0) is 15.6. The minimum atomic E-state index is 0.955. The molecular formula is C20H13BrN2. The molecule has 0 saturated carbocycles. The largest absolute Gasteiger partial charge is 0.256 e. The van der Waals surface area contributed by atoms with Crippen molar-refractivity contribution in [2.75, 3.05) is 0 Å². The molecule has 2 nitrogen and oxygen atoms in total. The number of halogens is 1. The summed E-state index contributed by atoms with van der Waals surface area (Å²) in [5.74, 6) is 0. The van der Waals surface area contributed by atoms with Crippen LogP contribution in [0.3, 0.4) is 0 Å². The van der Waals surface area contributed by atoms with E-state index in [1.807, 2.05) is 54.7 Å². The van der Waals surface area contributed by atoms with Crippen molar-refractivity contribution in [3.63, 3.8) is 0 Å². The summed E-state index contributed by atoms with van der Waals surface area (Å²) < 4.78 is 1.06. The van der Waals surface area contributed by atoms with Gasteiger partial charge in [0.2, 0.25) is 0 Å². The lowest BCUT2D eigenvalue weighted by molar-refractivity contribution is 1.32. The second-order valence-electron chi connectivity index (χ2n) is 5.29. The molecule has 4 rings (SSSR count). The van der Waals surface area contributed by atoms with Gasteiger partial charge in [-0.25, -0.2) is 4.98 Å². The van der Waals surface area contributed by atoms with Crippen LogP contribution in [0.1, 0.15) is 0 Å². The Bertz CT molecular complexity index is 964. The highest BCUT2D eigenvalue weighted by Gasteiger charge is 2.09. The van der Waals surface area contributed by atoms with Gasteiger partial charge in [-0.1, -0.05) is 52.3 Å². The summed E-state index contributed by atoms with van der Waals surface area (Å²) in [5, 5.41) is 1.12. The third kappa shape index (κ3) is 2.76. The molecule has 0 radical (unpaired) electrons. The van der Waals surface area contributed by atoms with E-state index in [0.29, 0.717) is 0 Å². The van der Waals surface area contributed by atoms with Crippen LogP contribution in [0, 0.1) is 0 Å². The van der Waals surface area contributed by atoms with Gasteiger partial charge in [-0.3, -0.25) is 4.98 Å². The molecule has 2 heterocycles. The third-order valence-electron chi connectivity index (χ3n) is 3.80. The Morgan fingerprint density at radius 2 is 1.52 bits per heavy atom. The monoisotopic (exact) mass is 360 g/mol. The lowest BCUT2D eigenvalue weighted by Gasteiger charge is -2.09. The molecule has 0 unspecified atom stereocenters. The highest BCUT2D eigenvalue weighted by atomic mass is 79.9. The summed E-state index contributed by atoms with van der Waals surface area (Å²) in [5.41, 5.74) is 5.10. The van der Waals surface area contributed by atoms with E-state index < -0.39 is 0 Å². The van der Waals surface area contributed by atoms with Crippen molar-refractivity contribution in [3.8, 4) is 22.5 Å². The molecule has 0 aliphatic carbocycles. The maximum atomic E-state index is 4.82. The number of fused-ring (bicyclic) bond motifs is 1. The molecule has 0 atom stereocenters. The van der Waals surface area contributed by atoms with E-state index in [9.17, 15) is 0 Å². The zero-order valence-corrected chi connectivity index (χ0v) is 13.9. The first kappa shape index (κ1) is 14.1. The molecule has 0 bridgehead atoms. The van der Waals surface area contributed by atoms with Crippen LogP contribution in [-0.2, 0) is 0 Å². The van der Waals surface area contributed by atoms with E-state index in [-0.39, 0.29) is 0 Å². The van der Waals surface area contributed by atoms with Crippen molar-refractivity contribution in [3.05, 3.63) is 83.5 Å². The molecule has 0 fully saturated rings. The lowest BCUT2D eigenvalue weighted by Crippen LogP contribution is -1.91. The van der Waals surface area contributed by atoms with Crippen molar-refractivity contribution in [1.82, 2.24) is 9.97 Å². The minimum absolute atomic E-state index is 0.955. The maximum absolute atomic E-state index is 4.82. The topological polar surface area (TPSA) is 25.8 Å². The molecule has 0 N–H and O–H groups in total. The lowest BCUT2D eigenvalue weighted by atomic mass is 10.0. The second kappa shape index (κ2) is 5.94. The van der Waals surface area contributed by atoms with Gasteiger partial charge in [-0.05, 0) is 36.4 Å². The number of hydrogen-bond acceptors (Lipinski definition) is 2. The summed E-state index contributed by atoms with van der Waals surface area (Å²) in [6.45, 7) is 0. The van der Waals surface area contributed by atoms with Crippen LogP contribution in [0.25, 0.3) is 33.4 Å². The van der Waals surface area contributed by atoms with Crippen LogP contribution in [0.15, 0.2) is 83.5 Å². The van der Waals surface area contributed by atoms with Crippen molar-refractivity contribution >= 4 is 26.8 Å². The molecule has 3 heteroatoms. The van der Waals surface area contributed by atoms with Crippen molar-refractivity contribution in [2.45, 2.75) is 0 Å². The van der Waals surface area contributed by atoms with E-state index in [0.717, 1.165) is 37.9 Å². The van der Waals surface area contributed by atoms with E-state index in [4.69, 9.17) is 4.98 Å². The standard InChI is InChI=1S/C20H13BrN2/c21-15-10-8-14(9-11-15)20-13-17(18-6-3-4-12-22-18)16-5-1-2-7-19(16)23-20/h1-13H. The van der Waals surface area contributed by atoms with Crippen LogP contribution in [0.2, 0.25) is 0 Å². The summed E-state index contributed by atoms with van der Waals surface area (Å²) >= 11 is 3.48. The van der Waals surface area contributed by atoms with Crippen LogP contribution in [0.5, 0.6) is 0 Å². The van der Waals surface area contributed by atoms with Gasteiger partial charge in [0.15, 0.2) is 0 Å². The fourth-order valence-corrected chi connectivity index (χ4v) is 2.94. The van der Waals surface area contributed by atoms with E-state index in [1.54, 1.807) is 0 Å². The number of para-hydroxylation sites is 1. The summed E-state index contributed by atoms with van der Waals surface area (Å²) in [6, 6.07) is 24.5. The average Bonchev–Trinajstić information content (AvgIpc) is 2.62. The Morgan fingerprint density at radius 3 is 2.30 bits per heavy atom. The molecule has 0 aliphatic rings. The Kier molecular flexibility index (Phi) is 3.64. The van der Waals surface area contributed by atoms with Crippen molar-refractivity contribution in [2.24, 2.45) is 0 Å². The first-order valence-electron chi connectivity index (χ1n) is 7.38. The van der Waals surface area contributed by atoms with E-state index >= 15 is 0 Å². The van der Waals surface area contributed by atoms with Crippen LogP contribution in [0.4, 0.5) is 0 Å². The first-order valence-corrected chi connectivity index (χ1v) is 8.18. The fraction of sp³-hybridized carbons (Fsp3) is 0. The second-order valence-corrected chi connectivity index (χ2v) is 6.21. The maximum Gasteiger partial charge on any atom is 0.0716 e. The molecule has 2 aromatic heterocycles. The normalized spacial score (nSPS) is 10.8. The molecule has 4 aromatic rings. The van der Waals surface area contributed by atoms with Gasteiger partial charge in [0.25, 0.3) is 0 Å². The van der Waals surface area contributed by atoms with Gasteiger partial charge in [-0.15, -0.1) is 0 Å². The van der Waals surface area contributed by atoms with Crippen molar-refractivity contribution < 1.29 is 0 Å². The smallest absolute Gasteiger partial charge is 0.0716 e. The van der Waals surface area contributed by atoms with Gasteiger partial charge in [-0.2, -0.15) is 0 Å². The minimum Gasteiger partial charge on any atom is -0.256 e. The SMILES string of the molecule is Brc1ccc(-c2cc(-c3ccccn3)c3ccccc3n2)cc1. The predicted molar refractivity (Wildman–Crippen MR) is 98.1 cm³/mol. The van der Waals surface area contributed by atoms with Gasteiger partial charge in [0, 0.05) is 27.2 Å². The summed E-state index contributed by atoms with van der Waals surface area (Å²) in [6.07, 6.45) is 1.82. The number of pyridine rings is 2. The number of nitrogens with zero attached hydrogens (tertiary/aromatic N) is 2. The van der Waals surface area contributed by atoms with Gasteiger partial charge >= 0.3 is 0 Å². The third-order valence-corrected chi connectivity index (χ3v) is 4.33. The zero-order valence-electron chi connectivity index (χ0n) is 12.3. The molecule has 2 aromatic carbocycles. The first-order chi connectivity index (χ1) is 11.3. The Labute approximate surface area is 143 Å². The summed E-state index contributed by atoms with van der Waals surface area (Å²) in [4.78, 5) is 9.33. The predicted octanol–water partition coefficient (Wildman–Crippen LogP) is 5.73. The Morgan fingerprint density at radius 1 is 0.739 bits per heavy atom. The van der Waals surface area contributed by atoms with E-state index in [2.05, 4.69) is 45.2 Å². The number of aromatic nitrogens is 2. The van der Waals surface area contributed by atoms with Crippen LogP contribution in [-0.4, -0.2) is 9.97 Å². The molecule has 110 valence electrons. The number of rotatable bonds is 2. The van der Waals surface area contributed by atoms with Gasteiger partial charge in [0.05, 0.1) is 16.9 Å². The molecule has 23 heavy (non-hydrogen) atoms. The average molecular weight is 361 g/mol. The summed E-state index contributed by atoms with van der Waals surface area (Å²) in [7, 11) is 0. The number of hydrogen-bond donors (Lipinski definition) is 0. The molecule has 0 spiro atoms. The quantitative estimate of drug-likeness (QED) is 0.456. The van der Waals surface area contributed by atoms with E-state index in [1.165, 1.54) is 0 Å². The molecule has 0 amide bonds. The van der Waals surface area contributed by atoms with Crippen molar-refractivity contribution in [1.29, 1.82) is 0 Å². The van der Waals surface area contributed by atoms with Crippen LogP contribution >= 0.6 is 15.9 Å². The Hall–Kier alpha value is -2.52. The molecule has 0 aliphatic heterocycles. The highest BCUT2D eigenvalue weighted by molar-refractivity contribution is 9.10. The Balaban J connectivity index is 1.99.